The summed E-state index contributed by atoms with van der Waals surface area (Å²) in [6.45, 7) is 0. The maximum atomic E-state index is 13.8. The second-order valence-electron chi connectivity index (χ2n) is 7.64. The van der Waals surface area contributed by atoms with E-state index in [0.29, 0.717) is 15.0 Å². The zero-order chi connectivity index (χ0) is 25.4. The molecule has 0 saturated heterocycles. The first-order chi connectivity index (χ1) is 17.2. The first kappa shape index (κ1) is 23.7. The number of nitrogens with zero attached hydrogens (tertiary/aromatic N) is 3. The largest absolute Gasteiger partial charge is 0.433 e. The third-order valence-electron chi connectivity index (χ3n) is 5.23. The van der Waals surface area contributed by atoms with E-state index in [0.717, 1.165) is 12.1 Å². The van der Waals surface area contributed by atoms with Crippen LogP contribution in [0.2, 0.25) is 5.02 Å². The van der Waals surface area contributed by atoms with Gasteiger partial charge in [0.15, 0.2) is 22.8 Å². The summed E-state index contributed by atoms with van der Waals surface area (Å²) in [6.07, 6.45) is -4.74. The van der Waals surface area contributed by atoms with Crippen molar-refractivity contribution in [3.8, 4) is 10.6 Å². The fourth-order valence-electron chi connectivity index (χ4n) is 3.58. The van der Waals surface area contributed by atoms with E-state index in [9.17, 15) is 22.8 Å². The Morgan fingerprint density at radius 3 is 2.44 bits per heavy atom. The number of aromatic nitrogens is 3. The summed E-state index contributed by atoms with van der Waals surface area (Å²) in [5, 5.41) is 8.43. The zero-order valence-corrected chi connectivity index (χ0v) is 19.7. The quantitative estimate of drug-likeness (QED) is 0.261. The Balaban J connectivity index is 1.53. The third kappa shape index (κ3) is 4.60. The number of fused-ring (bicyclic) bond motifs is 1. The predicted molar refractivity (Wildman–Crippen MR) is 131 cm³/mol. The number of carbonyl (C=O) groups excluding carboxylic acids is 2. The Hall–Kier alpha value is -4.02. The van der Waals surface area contributed by atoms with Gasteiger partial charge in [-0.3, -0.25) is 9.59 Å². The number of hydrogen-bond donors (Lipinski definition) is 1. The molecule has 0 radical (unpaired) electrons. The average molecular weight is 527 g/mol. The fraction of sp³-hybridized carbons (Fsp3) is 0.0400. The number of ketones is 1. The van der Waals surface area contributed by atoms with Gasteiger partial charge in [0.05, 0.1) is 16.3 Å². The Morgan fingerprint density at radius 1 is 0.972 bits per heavy atom. The van der Waals surface area contributed by atoms with Crippen LogP contribution in [0.25, 0.3) is 16.2 Å². The van der Waals surface area contributed by atoms with Gasteiger partial charge in [0.1, 0.15) is 0 Å². The maximum Gasteiger partial charge on any atom is 0.433 e. The molecule has 0 unspecified atom stereocenters. The summed E-state index contributed by atoms with van der Waals surface area (Å²) in [5.41, 5.74) is -0.757. The topological polar surface area (TPSA) is 76.4 Å². The van der Waals surface area contributed by atoms with Crippen molar-refractivity contribution in [2.75, 3.05) is 5.32 Å². The van der Waals surface area contributed by atoms with Crippen molar-refractivity contribution in [1.82, 2.24) is 14.6 Å². The summed E-state index contributed by atoms with van der Waals surface area (Å²) in [6, 6.07) is 18.1. The van der Waals surface area contributed by atoms with Gasteiger partial charge >= 0.3 is 6.18 Å². The molecule has 0 aliphatic carbocycles. The standard InChI is InChI=1S/C25H14ClF3N4O2S/c26-15-8-9-17(16(11-15)23(34)14-5-2-1-3-6-14)31-24(35)19-13-22-30-18(20-7-4-10-36-20)12-21(25(27,28)29)33(22)32-19/h1-13H,(H,31,35). The van der Waals surface area contributed by atoms with Crippen LogP contribution < -0.4 is 5.32 Å². The lowest BCUT2D eigenvalue weighted by molar-refractivity contribution is -0.142. The molecule has 3 heterocycles. The van der Waals surface area contributed by atoms with Crippen molar-refractivity contribution in [2.24, 2.45) is 0 Å². The maximum absolute atomic E-state index is 13.8. The summed E-state index contributed by atoms with van der Waals surface area (Å²) in [4.78, 5) is 30.8. The van der Waals surface area contributed by atoms with Gasteiger partial charge in [-0.05, 0) is 35.7 Å². The monoisotopic (exact) mass is 526 g/mol. The lowest BCUT2D eigenvalue weighted by Gasteiger charge is -2.11. The minimum atomic E-state index is -4.74. The molecule has 2 aromatic carbocycles. The Bertz CT molecular complexity index is 1600. The van der Waals surface area contributed by atoms with Crippen LogP contribution in [0.1, 0.15) is 32.1 Å². The highest BCUT2D eigenvalue weighted by molar-refractivity contribution is 7.13. The van der Waals surface area contributed by atoms with Crippen LogP contribution in [0, 0.1) is 0 Å². The molecule has 6 nitrogen and oxygen atoms in total. The Labute approximate surface area is 211 Å². The molecule has 0 aliphatic heterocycles. The first-order valence-electron chi connectivity index (χ1n) is 10.4. The van der Waals surface area contributed by atoms with Crippen molar-refractivity contribution < 1.29 is 22.8 Å². The molecular formula is C25H14ClF3N4O2S. The van der Waals surface area contributed by atoms with Crippen molar-refractivity contribution in [3.63, 3.8) is 0 Å². The number of carbonyl (C=O) groups is 2. The number of nitrogens with one attached hydrogen (secondary N) is 1. The minimum Gasteiger partial charge on any atom is -0.320 e. The second kappa shape index (κ2) is 9.21. The van der Waals surface area contributed by atoms with Crippen molar-refractivity contribution >= 4 is 46.0 Å². The van der Waals surface area contributed by atoms with Crippen molar-refractivity contribution in [2.45, 2.75) is 6.18 Å². The normalized spacial score (nSPS) is 11.6. The van der Waals surface area contributed by atoms with Gasteiger partial charge in [0.25, 0.3) is 5.91 Å². The second-order valence-corrected chi connectivity index (χ2v) is 9.02. The number of halogens is 4. The Morgan fingerprint density at radius 2 is 1.75 bits per heavy atom. The van der Waals surface area contributed by atoms with Crippen LogP contribution in [0.3, 0.4) is 0 Å². The van der Waals surface area contributed by atoms with E-state index >= 15 is 0 Å². The van der Waals surface area contributed by atoms with E-state index in [-0.39, 0.29) is 39.1 Å². The van der Waals surface area contributed by atoms with Crippen LogP contribution in [0.15, 0.2) is 78.2 Å². The number of hydrogen-bond acceptors (Lipinski definition) is 5. The summed E-state index contributed by atoms with van der Waals surface area (Å²) in [5.74, 6) is -1.19. The number of rotatable bonds is 5. The van der Waals surface area contributed by atoms with Gasteiger partial charge in [-0.25, -0.2) is 9.50 Å². The molecular weight excluding hydrogens is 513 g/mol. The third-order valence-corrected chi connectivity index (χ3v) is 6.36. The molecule has 0 atom stereocenters. The fourth-order valence-corrected chi connectivity index (χ4v) is 4.44. The molecule has 0 fully saturated rings. The van der Waals surface area contributed by atoms with Gasteiger partial charge in [-0.15, -0.1) is 11.3 Å². The molecule has 0 spiro atoms. The summed E-state index contributed by atoms with van der Waals surface area (Å²) in [7, 11) is 0. The molecule has 0 bridgehead atoms. The van der Waals surface area contributed by atoms with Crippen molar-refractivity contribution in [1.29, 1.82) is 0 Å². The van der Waals surface area contributed by atoms with Gasteiger partial charge in [-0.1, -0.05) is 48.0 Å². The highest BCUT2D eigenvalue weighted by atomic mass is 35.5. The van der Waals surface area contributed by atoms with Crippen LogP contribution in [0.4, 0.5) is 18.9 Å². The van der Waals surface area contributed by atoms with Crippen LogP contribution >= 0.6 is 22.9 Å². The smallest absolute Gasteiger partial charge is 0.320 e. The van der Waals surface area contributed by atoms with E-state index in [4.69, 9.17) is 11.6 Å². The number of thiophene rings is 1. The molecule has 3 aromatic heterocycles. The van der Waals surface area contributed by atoms with E-state index in [2.05, 4.69) is 15.4 Å². The summed E-state index contributed by atoms with van der Waals surface area (Å²) >= 11 is 7.32. The van der Waals surface area contributed by atoms with Crippen LogP contribution in [0.5, 0.6) is 0 Å². The van der Waals surface area contributed by atoms with Gasteiger partial charge in [-0.2, -0.15) is 18.3 Å². The summed E-state index contributed by atoms with van der Waals surface area (Å²) < 4.78 is 42.0. The highest BCUT2D eigenvalue weighted by Gasteiger charge is 2.36. The lowest BCUT2D eigenvalue weighted by atomic mass is 10.0. The predicted octanol–water partition coefficient (Wildman–Crippen LogP) is 6.61. The molecule has 5 rings (SSSR count). The first-order valence-corrected chi connectivity index (χ1v) is 11.7. The minimum absolute atomic E-state index is 0.116. The SMILES string of the molecule is O=C(Nc1ccc(Cl)cc1C(=O)c1ccccc1)c1cc2nc(-c3cccs3)cc(C(F)(F)F)n2n1. The molecule has 5 aromatic rings. The van der Waals surface area contributed by atoms with Gasteiger partial charge in [0, 0.05) is 22.2 Å². The average Bonchev–Trinajstić information content (AvgIpc) is 3.54. The number of amides is 1. The van der Waals surface area contributed by atoms with Crippen molar-refractivity contribution in [3.05, 3.63) is 106 Å². The number of benzene rings is 2. The van der Waals surface area contributed by atoms with E-state index in [1.54, 1.807) is 47.8 Å². The zero-order valence-electron chi connectivity index (χ0n) is 18.1. The molecule has 36 heavy (non-hydrogen) atoms. The molecule has 1 amide bonds. The highest BCUT2D eigenvalue weighted by Crippen LogP contribution is 2.33. The van der Waals surface area contributed by atoms with E-state index in [1.807, 2.05) is 0 Å². The Kier molecular flexibility index (Phi) is 6.07. The van der Waals surface area contributed by atoms with Gasteiger partial charge in [0.2, 0.25) is 0 Å². The van der Waals surface area contributed by atoms with Crippen LogP contribution in [-0.4, -0.2) is 26.3 Å². The molecule has 180 valence electrons. The molecule has 1 N–H and O–H groups in total. The number of anilines is 1. The van der Waals surface area contributed by atoms with Gasteiger partial charge < -0.3 is 5.32 Å². The molecule has 0 aliphatic rings. The van der Waals surface area contributed by atoms with Crippen LogP contribution in [-0.2, 0) is 6.18 Å². The lowest BCUT2D eigenvalue weighted by Crippen LogP contribution is -2.17. The number of alkyl halides is 3. The molecule has 11 heteroatoms. The van der Waals surface area contributed by atoms with E-state index in [1.165, 1.54) is 29.5 Å². The van der Waals surface area contributed by atoms with E-state index < -0.39 is 17.8 Å². The molecule has 0 saturated carbocycles.